The van der Waals surface area contributed by atoms with Crippen molar-refractivity contribution in [3.05, 3.63) is 78.1 Å². The van der Waals surface area contributed by atoms with Crippen molar-refractivity contribution in [3.63, 3.8) is 0 Å². The summed E-state index contributed by atoms with van der Waals surface area (Å²) in [7, 11) is 0. The number of likely N-dealkylation sites (tertiary alicyclic amines) is 1. The summed E-state index contributed by atoms with van der Waals surface area (Å²) in [5.74, 6) is -2.86. The lowest BCUT2D eigenvalue weighted by Gasteiger charge is -2.32. The van der Waals surface area contributed by atoms with Crippen LogP contribution in [0.2, 0.25) is 0 Å². The molecule has 7 nitrogen and oxygen atoms in total. The van der Waals surface area contributed by atoms with Gasteiger partial charge in [0.15, 0.2) is 0 Å². The second kappa shape index (κ2) is 8.92. The summed E-state index contributed by atoms with van der Waals surface area (Å²) >= 11 is 0. The standard InChI is InChI=1S/C27H28FN3O4/c1-16(2)15-31-23(25(33)29-14-17-6-4-3-5-7-17)27-13-12-20(35-27)21(22(27)26(31)34)24(32)30-19-10-8-18(28)9-11-19/h3-13,16,20-23H,14-15H2,1-2H3,(H,29,33)(H,30,32)/t20-,21+,22-,23-,27+/m1/s1. The van der Waals surface area contributed by atoms with Crippen LogP contribution in [0.1, 0.15) is 19.4 Å². The Labute approximate surface area is 203 Å². The summed E-state index contributed by atoms with van der Waals surface area (Å²) in [6.45, 7) is 4.65. The first-order chi connectivity index (χ1) is 16.8. The van der Waals surface area contributed by atoms with Gasteiger partial charge in [0.1, 0.15) is 17.5 Å². The number of amides is 3. The number of halogens is 1. The zero-order valence-electron chi connectivity index (χ0n) is 19.6. The van der Waals surface area contributed by atoms with Crippen LogP contribution in [-0.4, -0.2) is 46.9 Å². The second-order valence-electron chi connectivity index (χ2n) is 9.79. The first-order valence-electron chi connectivity index (χ1n) is 11.9. The highest BCUT2D eigenvalue weighted by Crippen LogP contribution is 2.55. The van der Waals surface area contributed by atoms with Gasteiger partial charge >= 0.3 is 0 Å². The number of hydrogen-bond donors (Lipinski definition) is 2. The van der Waals surface area contributed by atoms with Crippen LogP contribution in [0, 0.1) is 23.6 Å². The highest BCUT2D eigenvalue weighted by molar-refractivity contribution is 6.02. The summed E-state index contributed by atoms with van der Waals surface area (Å²) in [6, 6.07) is 14.1. The number of anilines is 1. The van der Waals surface area contributed by atoms with Crippen LogP contribution < -0.4 is 10.6 Å². The van der Waals surface area contributed by atoms with E-state index in [9.17, 15) is 18.8 Å². The maximum atomic E-state index is 13.7. The predicted molar refractivity (Wildman–Crippen MR) is 127 cm³/mol. The zero-order chi connectivity index (χ0) is 24.7. The summed E-state index contributed by atoms with van der Waals surface area (Å²) < 4.78 is 19.6. The Bertz CT molecular complexity index is 1170. The number of nitrogens with one attached hydrogen (secondary N) is 2. The van der Waals surface area contributed by atoms with E-state index < -0.39 is 35.4 Å². The number of rotatable bonds is 7. The zero-order valence-corrected chi connectivity index (χ0v) is 19.6. The maximum absolute atomic E-state index is 13.7. The molecule has 3 aliphatic heterocycles. The third-order valence-electron chi connectivity index (χ3n) is 6.91. The number of ether oxygens (including phenoxy) is 1. The molecule has 3 amide bonds. The summed E-state index contributed by atoms with van der Waals surface area (Å²) in [5.41, 5.74) is 0.166. The normalized spacial score (nSPS) is 28.5. The van der Waals surface area contributed by atoms with Crippen molar-refractivity contribution in [1.82, 2.24) is 10.2 Å². The molecular weight excluding hydrogens is 449 g/mol. The van der Waals surface area contributed by atoms with Crippen LogP contribution in [0.4, 0.5) is 10.1 Å². The topological polar surface area (TPSA) is 87.7 Å². The number of fused-ring (bicyclic) bond motifs is 1. The quantitative estimate of drug-likeness (QED) is 0.601. The lowest BCUT2D eigenvalue weighted by Crippen LogP contribution is -2.55. The molecule has 2 saturated heterocycles. The van der Waals surface area contributed by atoms with E-state index in [-0.39, 0.29) is 23.6 Å². The van der Waals surface area contributed by atoms with Crippen molar-refractivity contribution in [1.29, 1.82) is 0 Å². The molecular formula is C27H28FN3O4. The fraction of sp³-hybridized carbons (Fsp3) is 0.370. The highest BCUT2D eigenvalue weighted by atomic mass is 19.1. The predicted octanol–water partition coefficient (Wildman–Crippen LogP) is 2.89. The molecule has 0 aliphatic carbocycles. The van der Waals surface area contributed by atoms with Gasteiger partial charge in [0.05, 0.1) is 17.9 Å². The van der Waals surface area contributed by atoms with Gasteiger partial charge in [0, 0.05) is 18.8 Å². The van der Waals surface area contributed by atoms with E-state index >= 15 is 0 Å². The molecule has 0 aromatic heterocycles. The molecule has 2 N–H and O–H groups in total. The van der Waals surface area contributed by atoms with Gasteiger partial charge < -0.3 is 20.3 Å². The average Bonchev–Trinajstić information content (AvgIpc) is 3.47. The van der Waals surface area contributed by atoms with Crippen LogP contribution in [0.3, 0.4) is 0 Å². The lowest BCUT2D eigenvalue weighted by molar-refractivity contribution is -0.141. The molecule has 182 valence electrons. The maximum Gasteiger partial charge on any atom is 0.246 e. The van der Waals surface area contributed by atoms with E-state index in [1.54, 1.807) is 17.1 Å². The van der Waals surface area contributed by atoms with Gasteiger partial charge in [0.2, 0.25) is 17.7 Å². The van der Waals surface area contributed by atoms with Crippen molar-refractivity contribution in [3.8, 4) is 0 Å². The highest BCUT2D eigenvalue weighted by Gasteiger charge is 2.72. The smallest absolute Gasteiger partial charge is 0.246 e. The minimum atomic E-state index is -1.21. The summed E-state index contributed by atoms with van der Waals surface area (Å²) in [4.78, 5) is 42.1. The molecule has 0 saturated carbocycles. The van der Waals surface area contributed by atoms with Crippen molar-refractivity contribution < 1.29 is 23.5 Å². The van der Waals surface area contributed by atoms with Crippen LogP contribution in [0.25, 0.3) is 0 Å². The minimum absolute atomic E-state index is 0.117. The van der Waals surface area contributed by atoms with Gasteiger partial charge in [-0.1, -0.05) is 56.3 Å². The Kier molecular flexibility index (Phi) is 5.92. The van der Waals surface area contributed by atoms with Crippen molar-refractivity contribution in [2.24, 2.45) is 17.8 Å². The van der Waals surface area contributed by atoms with Gasteiger partial charge in [-0.2, -0.15) is 0 Å². The van der Waals surface area contributed by atoms with Gasteiger partial charge in [-0.25, -0.2) is 4.39 Å². The van der Waals surface area contributed by atoms with Gasteiger partial charge in [-0.05, 0) is 35.7 Å². The van der Waals surface area contributed by atoms with Crippen LogP contribution in [-0.2, 0) is 25.7 Å². The minimum Gasteiger partial charge on any atom is -0.359 e. The first kappa shape index (κ1) is 23.2. The third-order valence-corrected chi connectivity index (χ3v) is 6.91. The van der Waals surface area contributed by atoms with E-state index in [1.165, 1.54) is 24.3 Å². The fourth-order valence-electron chi connectivity index (χ4n) is 5.50. The number of nitrogens with zero attached hydrogens (tertiary/aromatic N) is 1. The Morgan fingerprint density at radius 3 is 2.49 bits per heavy atom. The third kappa shape index (κ3) is 4.01. The van der Waals surface area contributed by atoms with Gasteiger partial charge in [-0.3, -0.25) is 14.4 Å². The van der Waals surface area contributed by atoms with Crippen LogP contribution >= 0.6 is 0 Å². The van der Waals surface area contributed by atoms with Crippen LogP contribution in [0.5, 0.6) is 0 Å². The van der Waals surface area contributed by atoms with Crippen molar-refractivity contribution in [2.75, 3.05) is 11.9 Å². The Hall–Kier alpha value is -3.52. The van der Waals surface area contributed by atoms with Crippen molar-refractivity contribution >= 4 is 23.4 Å². The molecule has 2 aromatic rings. The first-order valence-corrected chi connectivity index (χ1v) is 11.9. The summed E-state index contributed by atoms with van der Waals surface area (Å²) in [5, 5.41) is 5.74. The lowest BCUT2D eigenvalue weighted by atomic mass is 9.74. The van der Waals surface area contributed by atoms with Gasteiger partial charge in [-0.15, -0.1) is 0 Å². The Morgan fingerprint density at radius 2 is 1.80 bits per heavy atom. The largest absolute Gasteiger partial charge is 0.359 e. The van der Waals surface area contributed by atoms with Gasteiger partial charge in [0.25, 0.3) is 0 Å². The SMILES string of the molecule is CC(C)CN1C(=O)[C@H]2[C@@H](C(=O)Nc3ccc(F)cc3)[C@H]3C=C[C@@]2(O3)[C@H]1C(=O)NCc1ccccc1. The van der Waals surface area contributed by atoms with E-state index in [0.717, 1.165) is 5.56 Å². The molecule has 8 heteroatoms. The molecule has 0 radical (unpaired) electrons. The average molecular weight is 478 g/mol. The molecule has 0 unspecified atom stereocenters. The monoisotopic (exact) mass is 477 g/mol. The number of benzene rings is 2. The molecule has 5 atom stereocenters. The van der Waals surface area contributed by atoms with E-state index in [4.69, 9.17) is 4.74 Å². The molecule has 2 aromatic carbocycles. The molecule has 3 aliphatic rings. The van der Waals surface area contributed by atoms with E-state index in [1.807, 2.05) is 44.2 Å². The molecule has 3 heterocycles. The molecule has 2 fully saturated rings. The fourth-order valence-corrected chi connectivity index (χ4v) is 5.50. The van der Waals surface area contributed by atoms with Crippen molar-refractivity contribution in [2.45, 2.75) is 38.1 Å². The molecule has 35 heavy (non-hydrogen) atoms. The number of carbonyl (C=O) groups excluding carboxylic acids is 3. The number of carbonyl (C=O) groups is 3. The second-order valence-corrected chi connectivity index (χ2v) is 9.79. The van der Waals surface area contributed by atoms with Crippen LogP contribution in [0.15, 0.2) is 66.7 Å². The number of hydrogen-bond acceptors (Lipinski definition) is 4. The summed E-state index contributed by atoms with van der Waals surface area (Å²) in [6.07, 6.45) is 2.94. The molecule has 5 rings (SSSR count). The van der Waals surface area contributed by atoms with E-state index in [0.29, 0.717) is 18.8 Å². The molecule has 2 bridgehead atoms. The van der Waals surface area contributed by atoms with E-state index in [2.05, 4.69) is 10.6 Å². The Morgan fingerprint density at radius 1 is 1.09 bits per heavy atom. The Balaban J connectivity index is 1.42. The molecule has 1 spiro atoms.